The van der Waals surface area contributed by atoms with Crippen LogP contribution in [0, 0.1) is 18.8 Å². The lowest BCUT2D eigenvalue weighted by molar-refractivity contribution is 0.101. The number of piperidine rings is 1. The lowest BCUT2D eigenvalue weighted by atomic mass is 9.91. The highest BCUT2D eigenvalue weighted by Gasteiger charge is 2.34. The molecule has 0 amide bonds. The molecule has 1 aromatic carbocycles. The van der Waals surface area contributed by atoms with E-state index >= 15 is 0 Å². The molecule has 0 radical (unpaired) electrons. The number of ether oxygens (including phenoxy) is 1. The van der Waals surface area contributed by atoms with E-state index in [-0.39, 0.29) is 11.5 Å². The predicted octanol–water partition coefficient (Wildman–Crippen LogP) is 4.05. The second kappa shape index (κ2) is 6.25. The fraction of sp³-hybridized carbons (Fsp3) is 0.550. The topological polar surface area (TPSA) is 49.8 Å². The molecule has 2 unspecified atom stereocenters. The molecule has 4 nitrogen and oxygen atoms in total. The van der Waals surface area contributed by atoms with Crippen LogP contribution >= 0.6 is 0 Å². The molecule has 3 rings (SSSR count). The van der Waals surface area contributed by atoms with Crippen LogP contribution in [0.15, 0.2) is 17.4 Å². The van der Waals surface area contributed by atoms with Gasteiger partial charge in [-0.2, -0.15) is 0 Å². The van der Waals surface area contributed by atoms with E-state index in [0.29, 0.717) is 35.5 Å². The van der Waals surface area contributed by atoms with Gasteiger partial charge in [-0.3, -0.25) is 9.69 Å². The van der Waals surface area contributed by atoms with E-state index in [0.717, 1.165) is 29.8 Å². The number of aromatic hydroxyl groups is 1. The van der Waals surface area contributed by atoms with Crippen LogP contribution in [0.2, 0.25) is 0 Å². The second-order valence-electron chi connectivity index (χ2n) is 7.80. The molecule has 1 saturated heterocycles. The van der Waals surface area contributed by atoms with Crippen molar-refractivity contribution in [1.82, 2.24) is 4.90 Å². The van der Waals surface area contributed by atoms with Gasteiger partial charge in [-0.15, -0.1) is 0 Å². The maximum atomic E-state index is 12.6. The minimum absolute atomic E-state index is 0.0656. The molecule has 0 aromatic heterocycles. The van der Waals surface area contributed by atoms with E-state index in [9.17, 15) is 9.90 Å². The van der Waals surface area contributed by atoms with Crippen molar-refractivity contribution >= 4 is 5.78 Å². The highest BCUT2D eigenvalue weighted by Crippen LogP contribution is 2.43. The van der Waals surface area contributed by atoms with Gasteiger partial charge >= 0.3 is 0 Å². The monoisotopic (exact) mass is 329 g/mol. The summed E-state index contributed by atoms with van der Waals surface area (Å²) in [5, 5.41) is 10.5. The number of hydrogen-bond acceptors (Lipinski definition) is 4. The summed E-state index contributed by atoms with van der Waals surface area (Å²) in [6.07, 6.45) is 1.24. The summed E-state index contributed by atoms with van der Waals surface area (Å²) in [5.41, 5.74) is 2.98. The van der Waals surface area contributed by atoms with E-state index in [1.54, 1.807) is 6.07 Å². The molecule has 2 atom stereocenters. The Labute approximate surface area is 144 Å². The van der Waals surface area contributed by atoms with Crippen molar-refractivity contribution in [2.24, 2.45) is 11.8 Å². The van der Waals surface area contributed by atoms with Crippen molar-refractivity contribution in [2.45, 2.75) is 47.6 Å². The quantitative estimate of drug-likeness (QED) is 0.832. The fourth-order valence-electron chi connectivity index (χ4n) is 4.09. The Morgan fingerprint density at radius 3 is 2.50 bits per heavy atom. The molecular formula is C20H27NO3. The number of hydrogen-bond donors (Lipinski definition) is 1. The van der Waals surface area contributed by atoms with Gasteiger partial charge in [-0.25, -0.2) is 0 Å². The first-order valence-electron chi connectivity index (χ1n) is 8.75. The van der Waals surface area contributed by atoms with Crippen LogP contribution in [0.1, 0.15) is 55.6 Å². The standard InChI is InChI=1S/C20H27NO3/c1-11(2)19-18(23)17-14(5)7-16(22)15(20(17)24-19)10-21-8-12(3)6-13(4)9-21/h7,12-13,22H,6,8-10H2,1-5H3. The van der Waals surface area contributed by atoms with Crippen LogP contribution in [0.25, 0.3) is 0 Å². The number of aryl methyl sites for hydroxylation is 1. The molecule has 1 fully saturated rings. The summed E-state index contributed by atoms with van der Waals surface area (Å²) in [7, 11) is 0. The van der Waals surface area contributed by atoms with E-state index in [4.69, 9.17) is 4.74 Å². The third-order valence-electron chi connectivity index (χ3n) is 4.98. The number of rotatable bonds is 2. The first kappa shape index (κ1) is 17.0. The highest BCUT2D eigenvalue weighted by atomic mass is 16.5. The SMILES string of the molecule is CC(C)=C1Oc2c(CN3CC(C)CC(C)C3)c(O)cc(C)c2C1=O. The molecule has 4 heteroatoms. The molecule has 130 valence electrons. The summed E-state index contributed by atoms with van der Waals surface area (Å²) in [5.74, 6) is 2.40. The van der Waals surface area contributed by atoms with Crippen molar-refractivity contribution in [3.63, 3.8) is 0 Å². The Morgan fingerprint density at radius 1 is 1.29 bits per heavy atom. The van der Waals surface area contributed by atoms with Crippen molar-refractivity contribution < 1.29 is 14.6 Å². The molecule has 2 aliphatic heterocycles. The number of carbonyl (C=O) groups excluding carboxylic acids is 1. The molecule has 0 spiro atoms. The Morgan fingerprint density at radius 2 is 1.92 bits per heavy atom. The molecule has 0 saturated carbocycles. The third-order valence-corrected chi connectivity index (χ3v) is 4.98. The number of likely N-dealkylation sites (tertiary alicyclic amines) is 1. The smallest absolute Gasteiger partial charge is 0.232 e. The third kappa shape index (κ3) is 2.95. The van der Waals surface area contributed by atoms with Crippen LogP contribution < -0.4 is 4.74 Å². The van der Waals surface area contributed by atoms with Gasteiger partial charge in [0.25, 0.3) is 0 Å². The summed E-state index contributed by atoms with van der Waals surface area (Å²) < 4.78 is 5.91. The van der Waals surface area contributed by atoms with Crippen LogP contribution in [0.4, 0.5) is 0 Å². The number of Topliss-reactive ketones (excluding diaryl/α,β-unsaturated/α-hetero) is 1. The largest absolute Gasteiger partial charge is 0.507 e. The highest BCUT2D eigenvalue weighted by molar-refractivity contribution is 6.14. The van der Waals surface area contributed by atoms with Crippen molar-refractivity contribution in [2.75, 3.05) is 13.1 Å². The maximum Gasteiger partial charge on any atom is 0.232 e. The van der Waals surface area contributed by atoms with Crippen LogP contribution in [0.3, 0.4) is 0 Å². The van der Waals surface area contributed by atoms with Gasteiger partial charge in [-0.1, -0.05) is 13.8 Å². The zero-order valence-electron chi connectivity index (χ0n) is 15.3. The normalized spacial score (nSPS) is 24.0. The summed E-state index contributed by atoms with van der Waals surface area (Å²) in [6.45, 7) is 12.8. The van der Waals surface area contributed by atoms with Gasteiger partial charge in [0.15, 0.2) is 5.76 Å². The number of phenols is 1. The molecule has 2 aliphatic rings. The van der Waals surface area contributed by atoms with Gasteiger partial charge in [0, 0.05) is 19.6 Å². The van der Waals surface area contributed by atoms with Gasteiger partial charge in [0.2, 0.25) is 5.78 Å². The first-order valence-corrected chi connectivity index (χ1v) is 8.75. The molecule has 1 N–H and O–H groups in total. The number of nitrogens with zero attached hydrogens (tertiary/aromatic N) is 1. The molecule has 0 bridgehead atoms. The van der Waals surface area contributed by atoms with E-state index in [1.165, 1.54) is 6.42 Å². The zero-order chi connectivity index (χ0) is 17.6. The number of allylic oxidation sites excluding steroid dienone is 2. The molecular weight excluding hydrogens is 302 g/mol. The minimum Gasteiger partial charge on any atom is -0.507 e. The van der Waals surface area contributed by atoms with Gasteiger partial charge in [-0.05, 0) is 56.2 Å². The number of fused-ring (bicyclic) bond motifs is 1. The van der Waals surface area contributed by atoms with Gasteiger partial charge in [0.1, 0.15) is 11.5 Å². The van der Waals surface area contributed by atoms with Gasteiger partial charge < -0.3 is 9.84 Å². The lowest BCUT2D eigenvalue weighted by Crippen LogP contribution is -2.38. The average molecular weight is 329 g/mol. The summed E-state index contributed by atoms with van der Waals surface area (Å²) >= 11 is 0. The Kier molecular flexibility index (Phi) is 4.43. The van der Waals surface area contributed by atoms with Crippen molar-refractivity contribution in [3.05, 3.63) is 34.1 Å². The molecule has 0 aliphatic carbocycles. The summed E-state index contributed by atoms with van der Waals surface area (Å²) in [4.78, 5) is 15.0. The average Bonchev–Trinajstić information content (AvgIpc) is 2.80. The van der Waals surface area contributed by atoms with Crippen LogP contribution in [0.5, 0.6) is 11.5 Å². The maximum absolute atomic E-state index is 12.6. The predicted molar refractivity (Wildman–Crippen MR) is 94.4 cm³/mol. The number of benzene rings is 1. The summed E-state index contributed by atoms with van der Waals surface area (Å²) in [6, 6.07) is 1.69. The zero-order valence-corrected chi connectivity index (χ0v) is 15.3. The minimum atomic E-state index is -0.0656. The van der Waals surface area contributed by atoms with E-state index < -0.39 is 0 Å². The lowest BCUT2D eigenvalue weighted by Gasteiger charge is -2.35. The van der Waals surface area contributed by atoms with Crippen molar-refractivity contribution in [1.29, 1.82) is 0 Å². The van der Waals surface area contributed by atoms with Crippen LogP contribution in [-0.4, -0.2) is 28.9 Å². The number of carbonyl (C=O) groups is 1. The number of ketones is 1. The molecule has 1 aromatic rings. The fourth-order valence-corrected chi connectivity index (χ4v) is 4.09. The van der Waals surface area contributed by atoms with E-state index in [2.05, 4.69) is 18.7 Å². The van der Waals surface area contributed by atoms with Crippen LogP contribution in [-0.2, 0) is 6.54 Å². The van der Waals surface area contributed by atoms with Gasteiger partial charge in [0.05, 0.1) is 11.1 Å². The second-order valence-corrected chi connectivity index (χ2v) is 7.80. The molecule has 24 heavy (non-hydrogen) atoms. The van der Waals surface area contributed by atoms with E-state index in [1.807, 2.05) is 20.8 Å². The Balaban J connectivity index is 1.99. The first-order chi connectivity index (χ1) is 11.3. The molecule has 2 heterocycles. The number of phenolic OH excluding ortho intramolecular Hbond substituents is 1. The Hall–Kier alpha value is -1.81. The van der Waals surface area contributed by atoms with Crippen molar-refractivity contribution in [3.8, 4) is 11.5 Å². The Bertz CT molecular complexity index is 706.